The number of hydrogen-bond acceptors (Lipinski definition) is 4. The van der Waals surface area contributed by atoms with E-state index in [9.17, 15) is 9.59 Å². The van der Waals surface area contributed by atoms with E-state index in [1.165, 1.54) is 6.92 Å². The van der Waals surface area contributed by atoms with Gasteiger partial charge >= 0.3 is 0 Å². The number of likely N-dealkylation sites (tertiary alicyclic amines) is 1. The van der Waals surface area contributed by atoms with Crippen LogP contribution in [0.1, 0.15) is 17.3 Å². The molecule has 1 aliphatic rings. The quantitative estimate of drug-likeness (QED) is 0.872. The van der Waals surface area contributed by atoms with Gasteiger partial charge in [0.05, 0.1) is 17.6 Å². The van der Waals surface area contributed by atoms with Gasteiger partial charge in [0.15, 0.2) is 0 Å². The molecular weight excluding hydrogens is 374 g/mol. The fraction of sp³-hybridized carbons (Fsp3) is 0.235. The zero-order chi connectivity index (χ0) is 17.1. The fourth-order valence-electron chi connectivity index (χ4n) is 2.38. The van der Waals surface area contributed by atoms with Gasteiger partial charge in [-0.05, 0) is 52.3 Å². The number of benzene rings is 1. The SMILES string of the molecule is CC(=O)Nc1ccc(C(=O)N2CC(Oc3ncccc3Br)C2)cc1. The van der Waals surface area contributed by atoms with Crippen molar-refractivity contribution in [1.82, 2.24) is 9.88 Å². The second kappa shape index (κ2) is 7.00. The maximum Gasteiger partial charge on any atom is 0.254 e. The smallest absolute Gasteiger partial charge is 0.254 e. The summed E-state index contributed by atoms with van der Waals surface area (Å²) in [7, 11) is 0. The number of hydrogen-bond donors (Lipinski definition) is 1. The number of carbonyl (C=O) groups excluding carboxylic acids is 2. The molecule has 3 rings (SSSR count). The lowest BCUT2D eigenvalue weighted by Crippen LogP contribution is -2.56. The van der Waals surface area contributed by atoms with Crippen molar-refractivity contribution in [1.29, 1.82) is 0 Å². The Hall–Kier alpha value is -2.41. The highest BCUT2D eigenvalue weighted by Gasteiger charge is 2.33. The molecule has 1 aliphatic heterocycles. The topological polar surface area (TPSA) is 71.5 Å². The minimum atomic E-state index is -0.141. The summed E-state index contributed by atoms with van der Waals surface area (Å²) >= 11 is 3.38. The van der Waals surface area contributed by atoms with Crippen LogP contribution in [-0.2, 0) is 4.79 Å². The molecular formula is C17H16BrN3O3. The van der Waals surface area contributed by atoms with Crippen molar-refractivity contribution < 1.29 is 14.3 Å². The van der Waals surface area contributed by atoms with Gasteiger partial charge in [-0.25, -0.2) is 4.98 Å². The lowest BCUT2D eigenvalue weighted by atomic mass is 10.1. The van der Waals surface area contributed by atoms with E-state index in [0.29, 0.717) is 30.2 Å². The van der Waals surface area contributed by atoms with Gasteiger partial charge in [-0.1, -0.05) is 0 Å². The lowest BCUT2D eigenvalue weighted by molar-refractivity contribution is -0.114. The monoisotopic (exact) mass is 389 g/mol. The zero-order valence-electron chi connectivity index (χ0n) is 13.0. The Kier molecular flexibility index (Phi) is 4.80. The Morgan fingerprint density at radius 2 is 1.96 bits per heavy atom. The molecule has 0 atom stereocenters. The van der Waals surface area contributed by atoms with Crippen LogP contribution in [0.3, 0.4) is 0 Å². The molecule has 0 aliphatic carbocycles. The molecule has 1 saturated heterocycles. The fourth-order valence-corrected chi connectivity index (χ4v) is 2.72. The van der Waals surface area contributed by atoms with Crippen LogP contribution in [-0.4, -0.2) is 40.9 Å². The molecule has 1 N–H and O–H groups in total. The third-order valence-electron chi connectivity index (χ3n) is 3.59. The number of nitrogens with one attached hydrogen (secondary N) is 1. The molecule has 0 saturated carbocycles. The molecule has 2 amide bonds. The standard InChI is InChI=1S/C17H16BrN3O3/c1-11(22)20-13-6-4-12(5-7-13)17(23)21-9-14(10-21)24-16-15(18)3-2-8-19-16/h2-8,14H,9-10H2,1H3,(H,20,22). The number of rotatable bonds is 4. The average Bonchev–Trinajstić information content (AvgIpc) is 2.51. The van der Waals surface area contributed by atoms with Crippen LogP contribution >= 0.6 is 15.9 Å². The first-order valence-corrected chi connectivity index (χ1v) is 8.26. The van der Waals surface area contributed by atoms with E-state index in [-0.39, 0.29) is 17.9 Å². The maximum absolute atomic E-state index is 12.4. The Labute approximate surface area is 148 Å². The van der Waals surface area contributed by atoms with Crippen molar-refractivity contribution in [2.24, 2.45) is 0 Å². The van der Waals surface area contributed by atoms with Gasteiger partial charge in [0.25, 0.3) is 5.91 Å². The van der Waals surface area contributed by atoms with Crippen LogP contribution in [0.5, 0.6) is 5.88 Å². The molecule has 2 aromatic rings. The van der Waals surface area contributed by atoms with Gasteiger partial charge in [-0.15, -0.1) is 0 Å². The van der Waals surface area contributed by atoms with E-state index in [1.807, 2.05) is 12.1 Å². The van der Waals surface area contributed by atoms with Crippen LogP contribution in [0.2, 0.25) is 0 Å². The van der Waals surface area contributed by atoms with Gasteiger partial charge in [-0.2, -0.15) is 0 Å². The number of ether oxygens (including phenoxy) is 1. The van der Waals surface area contributed by atoms with Gasteiger partial charge in [0.1, 0.15) is 6.10 Å². The second-order valence-corrected chi connectivity index (χ2v) is 6.35. The molecule has 24 heavy (non-hydrogen) atoms. The predicted molar refractivity (Wildman–Crippen MR) is 93.0 cm³/mol. The number of nitrogens with zero attached hydrogens (tertiary/aromatic N) is 2. The summed E-state index contributed by atoms with van der Waals surface area (Å²) in [5, 5.41) is 2.67. The summed E-state index contributed by atoms with van der Waals surface area (Å²) in [6.45, 7) is 2.49. The molecule has 1 aromatic carbocycles. The number of pyridine rings is 1. The zero-order valence-corrected chi connectivity index (χ0v) is 14.6. The molecule has 124 valence electrons. The van der Waals surface area contributed by atoms with Crippen molar-refractivity contribution >= 4 is 33.4 Å². The molecule has 0 bridgehead atoms. The van der Waals surface area contributed by atoms with Crippen molar-refractivity contribution in [2.45, 2.75) is 13.0 Å². The van der Waals surface area contributed by atoms with Gasteiger partial charge in [0.2, 0.25) is 11.8 Å². The molecule has 0 radical (unpaired) electrons. The number of amides is 2. The number of carbonyl (C=O) groups is 2. The Bertz CT molecular complexity index is 758. The molecule has 1 aromatic heterocycles. The van der Waals surface area contributed by atoms with Crippen molar-refractivity contribution in [2.75, 3.05) is 18.4 Å². The van der Waals surface area contributed by atoms with Gasteiger partial charge < -0.3 is 15.0 Å². The molecule has 7 heteroatoms. The average molecular weight is 390 g/mol. The first-order valence-electron chi connectivity index (χ1n) is 7.47. The summed E-state index contributed by atoms with van der Waals surface area (Å²) in [5.41, 5.74) is 1.26. The normalized spacial score (nSPS) is 14.0. The maximum atomic E-state index is 12.4. The van der Waals surface area contributed by atoms with Crippen LogP contribution in [0.25, 0.3) is 0 Å². The van der Waals surface area contributed by atoms with E-state index in [0.717, 1.165) is 4.47 Å². The van der Waals surface area contributed by atoms with Gasteiger partial charge in [-0.3, -0.25) is 9.59 Å². The summed E-state index contributed by atoms with van der Waals surface area (Å²) < 4.78 is 6.56. The second-order valence-electron chi connectivity index (χ2n) is 5.50. The van der Waals surface area contributed by atoms with Crippen LogP contribution in [0, 0.1) is 0 Å². The molecule has 6 nitrogen and oxygen atoms in total. The summed E-state index contributed by atoms with van der Waals surface area (Å²) in [5.74, 6) is 0.344. The Balaban J connectivity index is 1.54. The van der Waals surface area contributed by atoms with E-state index < -0.39 is 0 Å². The van der Waals surface area contributed by atoms with Crippen molar-refractivity contribution in [3.63, 3.8) is 0 Å². The summed E-state index contributed by atoms with van der Waals surface area (Å²) in [4.78, 5) is 29.3. The highest BCUT2D eigenvalue weighted by Crippen LogP contribution is 2.25. The van der Waals surface area contributed by atoms with Crippen LogP contribution in [0.15, 0.2) is 47.1 Å². The number of anilines is 1. The third kappa shape index (κ3) is 3.73. The predicted octanol–water partition coefficient (Wildman–Crippen LogP) is 2.71. The molecule has 2 heterocycles. The van der Waals surface area contributed by atoms with E-state index in [2.05, 4.69) is 26.2 Å². The molecule has 1 fully saturated rings. The lowest BCUT2D eigenvalue weighted by Gasteiger charge is -2.38. The highest BCUT2D eigenvalue weighted by molar-refractivity contribution is 9.10. The van der Waals surface area contributed by atoms with Crippen LogP contribution in [0.4, 0.5) is 5.69 Å². The molecule has 0 unspecified atom stereocenters. The summed E-state index contributed by atoms with van der Waals surface area (Å²) in [6, 6.07) is 10.5. The van der Waals surface area contributed by atoms with E-state index in [4.69, 9.17) is 4.74 Å². The van der Waals surface area contributed by atoms with E-state index >= 15 is 0 Å². The summed E-state index contributed by atoms with van der Waals surface area (Å²) in [6.07, 6.45) is 1.61. The Morgan fingerprint density at radius 3 is 2.58 bits per heavy atom. The largest absolute Gasteiger partial charge is 0.470 e. The third-order valence-corrected chi connectivity index (χ3v) is 4.19. The Morgan fingerprint density at radius 1 is 1.25 bits per heavy atom. The van der Waals surface area contributed by atoms with Crippen LogP contribution < -0.4 is 10.1 Å². The number of aromatic nitrogens is 1. The van der Waals surface area contributed by atoms with Gasteiger partial charge in [0, 0.05) is 24.4 Å². The van der Waals surface area contributed by atoms with Crippen molar-refractivity contribution in [3.8, 4) is 5.88 Å². The minimum absolute atomic E-state index is 0.0516. The van der Waals surface area contributed by atoms with E-state index in [1.54, 1.807) is 35.4 Å². The van der Waals surface area contributed by atoms with Crippen molar-refractivity contribution in [3.05, 3.63) is 52.6 Å². The number of halogens is 1. The minimum Gasteiger partial charge on any atom is -0.470 e. The first kappa shape index (κ1) is 16.4. The highest BCUT2D eigenvalue weighted by atomic mass is 79.9. The first-order chi connectivity index (χ1) is 11.5. The molecule has 0 spiro atoms.